The summed E-state index contributed by atoms with van der Waals surface area (Å²) in [4.78, 5) is 6.59. The van der Waals surface area contributed by atoms with Crippen LogP contribution < -0.4 is 0 Å². The van der Waals surface area contributed by atoms with E-state index in [1.165, 1.54) is 11.8 Å². The monoisotopic (exact) mass is 406 g/mol. The topological polar surface area (TPSA) is 86.7 Å². The molecule has 0 amide bonds. The molecule has 4 heterocycles. The Kier molecular flexibility index (Phi) is 4.21. The summed E-state index contributed by atoms with van der Waals surface area (Å²) in [5, 5.41) is 23.7. The number of benzene rings is 1. The van der Waals surface area contributed by atoms with E-state index in [2.05, 4.69) is 36.5 Å². The van der Waals surface area contributed by atoms with Gasteiger partial charge in [0.15, 0.2) is 10.8 Å². The smallest absolute Gasteiger partial charge is 0.217 e. The maximum atomic E-state index is 4.51. The molecule has 5 aromatic rings. The number of aryl methyl sites for hydroxylation is 2. The fourth-order valence-corrected chi connectivity index (χ4v) is 4.45. The third kappa shape index (κ3) is 3.10. The van der Waals surface area contributed by atoms with Crippen molar-refractivity contribution in [3.63, 3.8) is 0 Å². The zero-order valence-electron chi connectivity index (χ0n) is 15.0. The fraction of sp³-hybridized carbons (Fsp3) is 0.111. The highest BCUT2D eigenvalue weighted by Crippen LogP contribution is 2.35. The molecule has 0 N–H and O–H groups in total. The summed E-state index contributed by atoms with van der Waals surface area (Å²) in [5.41, 5.74) is 2.57. The average molecular weight is 407 g/mol. The zero-order valence-corrected chi connectivity index (χ0v) is 16.6. The average Bonchev–Trinajstić information content (AvgIpc) is 3.28. The molecule has 0 saturated carbocycles. The SMILES string of the molecule is Cc1ccc2nnc(Sc3ccc4nccc(Sc5nncn5C)c4c3)n2n1. The van der Waals surface area contributed by atoms with Crippen LogP contribution in [0.15, 0.2) is 69.0 Å². The van der Waals surface area contributed by atoms with Crippen LogP contribution in [0.1, 0.15) is 5.69 Å². The van der Waals surface area contributed by atoms with Crippen molar-refractivity contribution in [1.29, 1.82) is 0 Å². The summed E-state index contributed by atoms with van der Waals surface area (Å²) in [6.07, 6.45) is 3.50. The van der Waals surface area contributed by atoms with E-state index in [4.69, 9.17) is 0 Å². The van der Waals surface area contributed by atoms with E-state index in [1.54, 1.807) is 22.6 Å². The third-order valence-corrected chi connectivity index (χ3v) is 6.18. The van der Waals surface area contributed by atoms with E-state index < -0.39 is 0 Å². The van der Waals surface area contributed by atoms with Crippen LogP contribution in [0.25, 0.3) is 16.6 Å². The molecule has 0 spiro atoms. The molecule has 0 aliphatic rings. The minimum Gasteiger partial charge on any atom is -0.311 e. The van der Waals surface area contributed by atoms with Crippen molar-refractivity contribution in [3.8, 4) is 0 Å². The quantitative estimate of drug-likeness (QED) is 0.449. The number of hydrogen-bond acceptors (Lipinski definition) is 8. The van der Waals surface area contributed by atoms with Crippen molar-refractivity contribution in [1.82, 2.24) is 39.6 Å². The van der Waals surface area contributed by atoms with Gasteiger partial charge in [0.25, 0.3) is 0 Å². The summed E-state index contributed by atoms with van der Waals surface area (Å²) in [6, 6.07) is 12.0. The Labute approximate surface area is 168 Å². The maximum absolute atomic E-state index is 4.51. The van der Waals surface area contributed by atoms with Gasteiger partial charge in [-0.15, -0.1) is 20.4 Å². The van der Waals surface area contributed by atoms with E-state index in [9.17, 15) is 0 Å². The Morgan fingerprint density at radius 2 is 1.86 bits per heavy atom. The Morgan fingerprint density at radius 1 is 0.929 bits per heavy atom. The Balaban J connectivity index is 1.54. The Morgan fingerprint density at radius 3 is 2.71 bits per heavy atom. The molecule has 28 heavy (non-hydrogen) atoms. The van der Waals surface area contributed by atoms with Crippen molar-refractivity contribution in [2.45, 2.75) is 27.0 Å². The van der Waals surface area contributed by atoms with Crippen molar-refractivity contribution in [3.05, 3.63) is 54.6 Å². The van der Waals surface area contributed by atoms with E-state index in [0.29, 0.717) is 0 Å². The number of pyridine rings is 1. The van der Waals surface area contributed by atoms with Crippen LogP contribution >= 0.6 is 23.5 Å². The number of hydrogen-bond donors (Lipinski definition) is 0. The molecule has 0 unspecified atom stereocenters. The molecule has 0 bridgehead atoms. The molecule has 8 nitrogen and oxygen atoms in total. The molecule has 5 rings (SSSR count). The molecule has 1 aromatic carbocycles. The lowest BCUT2D eigenvalue weighted by molar-refractivity contribution is 0.789. The lowest BCUT2D eigenvalue weighted by Crippen LogP contribution is -1.95. The Bertz CT molecular complexity index is 1310. The molecular formula is C18H14N8S2. The van der Waals surface area contributed by atoms with Gasteiger partial charge >= 0.3 is 0 Å². The maximum Gasteiger partial charge on any atom is 0.217 e. The van der Waals surface area contributed by atoms with E-state index in [0.717, 1.165) is 42.3 Å². The predicted octanol–water partition coefficient (Wildman–Crippen LogP) is 3.41. The molecule has 10 heteroatoms. The van der Waals surface area contributed by atoms with Gasteiger partial charge in [-0.05, 0) is 66.8 Å². The number of nitrogens with zero attached hydrogens (tertiary/aromatic N) is 8. The summed E-state index contributed by atoms with van der Waals surface area (Å²) in [7, 11) is 1.93. The normalized spacial score (nSPS) is 11.5. The van der Waals surface area contributed by atoms with E-state index in [-0.39, 0.29) is 0 Å². The highest BCUT2D eigenvalue weighted by Gasteiger charge is 2.12. The van der Waals surface area contributed by atoms with Crippen LogP contribution in [-0.4, -0.2) is 39.6 Å². The fourth-order valence-electron chi connectivity index (χ4n) is 2.75. The van der Waals surface area contributed by atoms with Crippen LogP contribution in [0, 0.1) is 6.92 Å². The lowest BCUT2D eigenvalue weighted by Gasteiger charge is -2.07. The van der Waals surface area contributed by atoms with Gasteiger partial charge in [0.2, 0.25) is 5.16 Å². The number of fused-ring (bicyclic) bond motifs is 2. The van der Waals surface area contributed by atoms with Crippen LogP contribution in [-0.2, 0) is 7.05 Å². The predicted molar refractivity (Wildman–Crippen MR) is 107 cm³/mol. The first kappa shape index (κ1) is 17.1. The van der Waals surface area contributed by atoms with Gasteiger partial charge in [-0.2, -0.15) is 9.61 Å². The first-order chi connectivity index (χ1) is 13.7. The van der Waals surface area contributed by atoms with Crippen molar-refractivity contribution in [2.24, 2.45) is 7.05 Å². The molecule has 0 aliphatic carbocycles. The molecule has 0 saturated heterocycles. The standard InChI is InChI=1S/C18H14N8S2/c1-11-3-6-16-21-23-18(26(16)24-11)27-12-4-5-14-13(9-12)15(7-8-19-14)28-17-22-20-10-25(17)2/h3-10H,1-2H3. The summed E-state index contributed by atoms with van der Waals surface area (Å²) < 4.78 is 3.66. The number of aromatic nitrogens is 8. The zero-order chi connectivity index (χ0) is 19.1. The van der Waals surface area contributed by atoms with Crippen LogP contribution in [0.2, 0.25) is 0 Å². The second kappa shape index (κ2) is 6.88. The second-order valence-electron chi connectivity index (χ2n) is 6.14. The molecule has 0 aliphatic heterocycles. The van der Waals surface area contributed by atoms with E-state index in [1.807, 2.05) is 55.1 Å². The minimum absolute atomic E-state index is 0.726. The van der Waals surface area contributed by atoms with Crippen LogP contribution in [0.5, 0.6) is 0 Å². The van der Waals surface area contributed by atoms with Crippen LogP contribution in [0.4, 0.5) is 0 Å². The highest BCUT2D eigenvalue weighted by atomic mass is 32.2. The van der Waals surface area contributed by atoms with Gasteiger partial charge in [0.05, 0.1) is 11.2 Å². The molecule has 0 atom stereocenters. The Hall–Kier alpha value is -2.98. The summed E-state index contributed by atoms with van der Waals surface area (Å²) in [6.45, 7) is 1.95. The van der Waals surface area contributed by atoms with Gasteiger partial charge in [0.1, 0.15) is 6.33 Å². The largest absolute Gasteiger partial charge is 0.311 e. The van der Waals surface area contributed by atoms with Gasteiger partial charge < -0.3 is 4.57 Å². The first-order valence-electron chi connectivity index (χ1n) is 8.45. The second-order valence-corrected chi connectivity index (χ2v) is 8.19. The van der Waals surface area contributed by atoms with Crippen LogP contribution in [0.3, 0.4) is 0 Å². The lowest BCUT2D eigenvalue weighted by atomic mass is 10.2. The van der Waals surface area contributed by atoms with Gasteiger partial charge in [-0.1, -0.05) is 0 Å². The molecular weight excluding hydrogens is 392 g/mol. The molecule has 138 valence electrons. The van der Waals surface area contributed by atoms with Crippen molar-refractivity contribution >= 4 is 40.1 Å². The first-order valence-corrected chi connectivity index (χ1v) is 10.1. The van der Waals surface area contributed by atoms with Gasteiger partial charge in [-0.3, -0.25) is 4.98 Å². The van der Waals surface area contributed by atoms with Crippen molar-refractivity contribution < 1.29 is 0 Å². The molecule has 0 radical (unpaired) electrons. The molecule has 4 aromatic heterocycles. The summed E-state index contributed by atoms with van der Waals surface area (Å²) >= 11 is 3.09. The van der Waals surface area contributed by atoms with Gasteiger partial charge in [-0.25, -0.2) is 0 Å². The third-order valence-electron chi connectivity index (χ3n) is 4.12. The van der Waals surface area contributed by atoms with E-state index >= 15 is 0 Å². The summed E-state index contributed by atoms with van der Waals surface area (Å²) in [5.74, 6) is 0. The highest BCUT2D eigenvalue weighted by molar-refractivity contribution is 7.99. The number of rotatable bonds is 4. The molecule has 0 fully saturated rings. The minimum atomic E-state index is 0.726. The van der Waals surface area contributed by atoms with Gasteiger partial charge in [0, 0.05) is 28.4 Å². The van der Waals surface area contributed by atoms with Crippen molar-refractivity contribution in [2.75, 3.05) is 0 Å².